The minimum Gasteiger partial charge on any atom is -0.467 e. The minimum absolute atomic E-state index is 0.0856. The minimum atomic E-state index is -0.955. The number of aromatic nitrogens is 3. The standard InChI is InChI=1S/C28H28N8O5/c1-41-27(40)20(7-4-12-36-25(38)18-5-2-3-6-19(18)26(36)39)33-24(37)15-8-10-17(11-9-15)31-13-16-14-32-23-21(16)22(29)34-28(30)35-23/h2-3,5-6,8-11,14,20,31H,4,7,12-13H2,1H3,(H,33,37)(H5,29,30,32,34,35). The van der Waals surface area contributed by atoms with E-state index in [1.165, 1.54) is 7.11 Å². The summed E-state index contributed by atoms with van der Waals surface area (Å²) >= 11 is 0. The molecule has 13 nitrogen and oxygen atoms in total. The summed E-state index contributed by atoms with van der Waals surface area (Å²) < 4.78 is 4.86. The number of imide groups is 1. The number of carbonyl (C=O) groups is 4. The molecule has 1 atom stereocenters. The number of nitrogens with one attached hydrogen (secondary N) is 3. The first-order valence-electron chi connectivity index (χ1n) is 12.8. The molecule has 7 N–H and O–H groups in total. The van der Waals surface area contributed by atoms with Gasteiger partial charge in [0.1, 0.15) is 17.5 Å². The smallest absolute Gasteiger partial charge is 0.328 e. The number of fused-ring (bicyclic) bond motifs is 2. The number of H-pyrrole nitrogens is 1. The van der Waals surface area contributed by atoms with Crippen molar-refractivity contribution in [3.05, 3.63) is 77.0 Å². The van der Waals surface area contributed by atoms with Crippen molar-refractivity contribution >= 4 is 52.2 Å². The van der Waals surface area contributed by atoms with Crippen LogP contribution in [0, 0.1) is 0 Å². The maximum atomic E-state index is 12.9. The lowest BCUT2D eigenvalue weighted by molar-refractivity contribution is -0.143. The Morgan fingerprint density at radius 1 is 1.02 bits per heavy atom. The van der Waals surface area contributed by atoms with E-state index < -0.39 is 17.9 Å². The van der Waals surface area contributed by atoms with Crippen molar-refractivity contribution in [3.8, 4) is 0 Å². The van der Waals surface area contributed by atoms with Gasteiger partial charge in [0, 0.05) is 36.1 Å². The maximum Gasteiger partial charge on any atom is 0.328 e. The van der Waals surface area contributed by atoms with Gasteiger partial charge in [-0.15, -0.1) is 0 Å². The van der Waals surface area contributed by atoms with Crippen molar-refractivity contribution in [1.82, 2.24) is 25.2 Å². The van der Waals surface area contributed by atoms with Crippen LogP contribution in [0.2, 0.25) is 0 Å². The lowest BCUT2D eigenvalue weighted by Gasteiger charge is -2.19. The lowest BCUT2D eigenvalue weighted by Crippen LogP contribution is -2.42. The van der Waals surface area contributed by atoms with E-state index in [0.717, 1.165) is 16.2 Å². The highest BCUT2D eigenvalue weighted by molar-refractivity contribution is 6.21. The highest BCUT2D eigenvalue weighted by Crippen LogP contribution is 2.24. The summed E-state index contributed by atoms with van der Waals surface area (Å²) in [5.41, 5.74) is 14.8. The summed E-state index contributed by atoms with van der Waals surface area (Å²) in [6.07, 6.45) is 2.24. The van der Waals surface area contributed by atoms with Crippen LogP contribution in [-0.4, -0.2) is 63.2 Å². The van der Waals surface area contributed by atoms with Crippen molar-refractivity contribution in [3.63, 3.8) is 0 Å². The van der Waals surface area contributed by atoms with E-state index in [9.17, 15) is 19.2 Å². The SMILES string of the molecule is COC(=O)C(CCCN1C(=O)c2ccccc2C1=O)NC(=O)c1ccc(NCc2c[nH]c3nc(N)nc(N)c23)cc1. The van der Waals surface area contributed by atoms with Crippen LogP contribution in [0.1, 0.15) is 49.5 Å². The molecule has 3 amide bonds. The third-order valence-electron chi connectivity index (χ3n) is 6.83. The molecule has 0 spiro atoms. The molecule has 5 rings (SSSR count). The van der Waals surface area contributed by atoms with Crippen molar-refractivity contribution in [2.24, 2.45) is 0 Å². The Morgan fingerprint density at radius 2 is 1.71 bits per heavy atom. The van der Waals surface area contributed by atoms with Gasteiger partial charge in [-0.25, -0.2) is 4.79 Å². The molecule has 41 heavy (non-hydrogen) atoms. The van der Waals surface area contributed by atoms with Crippen LogP contribution in [-0.2, 0) is 16.1 Å². The fraction of sp³-hybridized carbons (Fsp3) is 0.214. The van der Waals surface area contributed by atoms with Gasteiger partial charge in [-0.05, 0) is 49.2 Å². The lowest BCUT2D eigenvalue weighted by atomic mass is 10.1. The number of nitrogens with two attached hydrogens (primary N) is 2. The monoisotopic (exact) mass is 556 g/mol. The number of methoxy groups -OCH3 is 1. The summed E-state index contributed by atoms with van der Waals surface area (Å²) in [5, 5.41) is 6.63. The molecule has 0 saturated heterocycles. The maximum absolute atomic E-state index is 12.9. The van der Waals surface area contributed by atoms with Gasteiger partial charge < -0.3 is 31.8 Å². The third-order valence-corrected chi connectivity index (χ3v) is 6.83. The zero-order valence-electron chi connectivity index (χ0n) is 22.1. The fourth-order valence-electron chi connectivity index (χ4n) is 4.75. The second-order valence-corrected chi connectivity index (χ2v) is 9.43. The summed E-state index contributed by atoms with van der Waals surface area (Å²) in [6, 6.07) is 12.4. The van der Waals surface area contributed by atoms with Gasteiger partial charge >= 0.3 is 5.97 Å². The third kappa shape index (κ3) is 5.50. The van der Waals surface area contributed by atoms with Crippen LogP contribution >= 0.6 is 0 Å². The second kappa shape index (κ2) is 11.3. The normalized spacial score (nSPS) is 13.2. The number of benzene rings is 2. The predicted molar refractivity (Wildman–Crippen MR) is 151 cm³/mol. The number of amides is 3. The number of anilines is 3. The molecule has 210 valence electrons. The number of rotatable bonds is 10. The number of nitrogen functional groups attached to an aromatic ring is 2. The molecule has 0 saturated carbocycles. The molecule has 0 radical (unpaired) electrons. The molecule has 1 aliphatic rings. The van der Waals surface area contributed by atoms with E-state index in [1.54, 1.807) is 54.7 Å². The Hall–Kier alpha value is -5.46. The van der Waals surface area contributed by atoms with Gasteiger partial charge in [0.25, 0.3) is 17.7 Å². The van der Waals surface area contributed by atoms with E-state index in [0.29, 0.717) is 40.7 Å². The average molecular weight is 557 g/mol. The Morgan fingerprint density at radius 3 is 2.37 bits per heavy atom. The number of esters is 1. The number of hydrogen-bond donors (Lipinski definition) is 5. The first-order chi connectivity index (χ1) is 19.8. The van der Waals surface area contributed by atoms with E-state index in [1.807, 2.05) is 0 Å². The summed E-state index contributed by atoms with van der Waals surface area (Å²) in [4.78, 5) is 62.8. The van der Waals surface area contributed by atoms with Gasteiger partial charge in [-0.2, -0.15) is 9.97 Å². The first kappa shape index (κ1) is 27.1. The van der Waals surface area contributed by atoms with Gasteiger partial charge in [-0.1, -0.05) is 12.1 Å². The van der Waals surface area contributed by atoms with Crippen LogP contribution in [0.3, 0.4) is 0 Å². The summed E-state index contributed by atoms with van der Waals surface area (Å²) in [6.45, 7) is 0.526. The molecule has 1 aliphatic heterocycles. The van der Waals surface area contributed by atoms with Gasteiger partial charge in [0.2, 0.25) is 5.95 Å². The zero-order valence-corrected chi connectivity index (χ0v) is 22.1. The van der Waals surface area contributed by atoms with Gasteiger partial charge in [0.05, 0.1) is 23.6 Å². The van der Waals surface area contributed by atoms with Crippen LogP contribution in [0.25, 0.3) is 11.0 Å². The van der Waals surface area contributed by atoms with E-state index >= 15 is 0 Å². The Balaban J connectivity index is 1.17. The number of nitrogens with zero attached hydrogens (tertiary/aromatic N) is 3. The molecule has 4 aromatic rings. The van der Waals surface area contributed by atoms with Crippen molar-refractivity contribution in [2.75, 3.05) is 30.4 Å². The highest BCUT2D eigenvalue weighted by Gasteiger charge is 2.35. The molecule has 0 aliphatic carbocycles. The molecule has 1 unspecified atom stereocenters. The van der Waals surface area contributed by atoms with E-state index in [4.69, 9.17) is 16.2 Å². The Kier molecular flexibility index (Phi) is 7.50. The number of ether oxygens (including phenoxy) is 1. The predicted octanol–water partition coefficient (Wildman–Crippen LogP) is 2.08. The molecule has 13 heteroatoms. The fourth-order valence-corrected chi connectivity index (χ4v) is 4.75. The van der Waals surface area contributed by atoms with Gasteiger partial charge in [0.15, 0.2) is 0 Å². The topological polar surface area (TPSA) is 198 Å². The highest BCUT2D eigenvalue weighted by atomic mass is 16.5. The largest absolute Gasteiger partial charge is 0.467 e. The quantitative estimate of drug-likeness (QED) is 0.142. The van der Waals surface area contributed by atoms with Crippen molar-refractivity contribution in [1.29, 1.82) is 0 Å². The molecule has 0 fully saturated rings. The van der Waals surface area contributed by atoms with Gasteiger partial charge in [-0.3, -0.25) is 19.3 Å². The molecule has 0 bridgehead atoms. The van der Waals surface area contributed by atoms with Crippen LogP contribution < -0.4 is 22.1 Å². The summed E-state index contributed by atoms with van der Waals surface area (Å²) in [5.74, 6) is -1.47. The van der Waals surface area contributed by atoms with Crippen LogP contribution in [0.15, 0.2) is 54.7 Å². The molecular formula is C28H28N8O5. The molecule has 2 aromatic heterocycles. The number of hydrogen-bond acceptors (Lipinski definition) is 10. The van der Waals surface area contributed by atoms with Crippen LogP contribution in [0.5, 0.6) is 0 Å². The Bertz CT molecular complexity index is 1610. The zero-order chi connectivity index (χ0) is 29.1. The first-order valence-corrected chi connectivity index (χ1v) is 12.8. The number of carbonyl (C=O) groups excluding carboxylic acids is 4. The summed E-state index contributed by atoms with van der Waals surface area (Å²) in [7, 11) is 1.23. The molecule has 3 heterocycles. The van der Waals surface area contributed by atoms with Crippen LogP contribution in [0.4, 0.5) is 17.5 Å². The average Bonchev–Trinajstić information content (AvgIpc) is 3.49. The van der Waals surface area contributed by atoms with E-state index in [2.05, 4.69) is 25.6 Å². The molecular weight excluding hydrogens is 528 g/mol. The Labute approximate surface area is 234 Å². The molecule has 2 aromatic carbocycles. The second-order valence-electron chi connectivity index (χ2n) is 9.43. The van der Waals surface area contributed by atoms with E-state index in [-0.39, 0.29) is 36.5 Å². The van der Waals surface area contributed by atoms with Crippen molar-refractivity contribution in [2.45, 2.75) is 25.4 Å². The number of aromatic amines is 1. The van der Waals surface area contributed by atoms with Crippen molar-refractivity contribution < 1.29 is 23.9 Å².